The van der Waals surface area contributed by atoms with E-state index in [0.717, 1.165) is 6.20 Å². The van der Waals surface area contributed by atoms with Gasteiger partial charge in [0.1, 0.15) is 11.8 Å². The van der Waals surface area contributed by atoms with Gasteiger partial charge < -0.3 is 0 Å². The molecule has 1 aromatic heterocycles. The third-order valence-electron chi connectivity index (χ3n) is 1.82. The second-order valence-corrected chi connectivity index (χ2v) is 3.18. The van der Waals surface area contributed by atoms with Gasteiger partial charge in [-0.15, -0.1) is 0 Å². The number of aromatic nitrogens is 1. The van der Waals surface area contributed by atoms with Crippen molar-refractivity contribution in [1.82, 2.24) is 4.98 Å². The maximum absolute atomic E-state index is 12.5. The smallest absolute Gasteiger partial charge is 0.280 e. The van der Waals surface area contributed by atoms with Crippen molar-refractivity contribution in [2.45, 2.75) is 11.8 Å². The van der Waals surface area contributed by atoms with Crippen molar-refractivity contribution in [3.05, 3.63) is 28.6 Å². The molecule has 0 radical (unpaired) electrons. The van der Waals surface area contributed by atoms with E-state index in [1.807, 2.05) is 0 Å². The molecule has 15 heavy (non-hydrogen) atoms. The van der Waals surface area contributed by atoms with Crippen molar-refractivity contribution < 1.29 is 13.6 Å². The van der Waals surface area contributed by atoms with Crippen LogP contribution in [0.5, 0.6) is 0 Å². The predicted molar refractivity (Wildman–Crippen MR) is 51.9 cm³/mol. The van der Waals surface area contributed by atoms with Crippen LogP contribution >= 0.6 is 15.9 Å². The highest BCUT2D eigenvalue weighted by Crippen LogP contribution is 2.26. The second-order valence-electron chi connectivity index (χ2n) is 2.62. The first-order chi connectivity index (χ1) is 7.15. The highest BCUT2D eigenvalue weighted by atomic mass is 79.9. The maximum Gasteiger partial charge on any atom is 0.280 e. The van der Waals surface area contributed by atoms with Gasteiger partial charge in [0.25, 0.3) is 6.43 Å². The fraction of sp³-hybridized carbons (Fsp3) is 0.222. The predicted octanol–water partition coefficient (Wildman–Crippen LogP) is 2.60. The zero-order chi connectivity index (χ0) is 11.4. The molecule has 0 unspecified atom stereocenters. The Kier molecular flexibility index (Phi) is 3.86. The van der Waals surface area contributed by atoms with Crippen LogP contribution in [0, 0.1) is 11.3 Å². The summed E-state index contributed by atoms with van der Waals surface area (Å²) in [5.74, 6) is 0. The van der Waals surface area contributed by atoms with Crippen LogP contribution in [0.1, 0.15) is 33.6 Å². The number of hydrogen-bond acceptors (Lipinski definition) is 3. The number of aldehydes is 1. The Hall–Kier alpha value is -1.35. The fourth-order valence-corrected chi connectivity index (χ4v) is 1.70. The number of alkyl halides is 3. The molecule has 0 aliphatic rings. The quantitative estimate of drug-likeness (QED) is 0.629. The lowest BCUT2D eigenvalue weighted by molar-refractivity contribution is 0.112. The summed E-state index contributed by atoms with van der Waals surface area (Å²) in [4.78, 5) is 14.0. The number of nitriles is 1. The number of hydrogen-bond donors (Lipinski definition) is 0. The van der Waals surface area contributed by atoms with Crippen LogP contribution in [0.25, 0.3) is 0 Å². The standard InChI is InChI=1S/C9H5BrF2N2O/c10-1-6-7(2-13)5(4-15)3-14-8(6)9(11)12/h3-4,9H,1H2. The molecule has 1 heterocycles. The highest BCUT2D eigenvalue weighted by molar-refractivity contribution is 9.08. The zero-order valence-corrected chi connectivity index (χ0v) is 8.96. The molecule has 0 amide bonds. The number of halogens is 3. The summed E-state index contributed by atoms with van der Waals surface area (Å²) in [7, 11) is 0. The molecule has 78 valence electrons. The lowest BCUT2D eigenvalue weighted by atomic mass is 10.0. The number of rotatable bonds is 3. The van der Waals surface area contributed by atoms with Gasteiger partial charge >= 0.3 is 0 Å². The molecular weight excluding hydrogens is 270 g/mol. The van der Waals surface area contributed by atoms with Gasteiger partial charge in [-0.3, -0.25) is 9.78 Å². The Labute approximate surface area is 92.9 Å². The molecule has 3 nitrogen and oxygen atoms in total. The van der Waals surface area contributed by atoms with Crippen LogP contribution in [-0.4, -0.2) is 11.3 Å². The first kappa shape index (κ1) is 11.7. The maximum atomic E-state index is 12.5. The Balaban J connectivity index is 3.49. The zero-order valence-electron chi connectivity index (χ0n) is 7.38. The van der Waals surface area contributed by atoms with Crippen LogP contribution < -0.4 is 0 Å². The van der Waals surface area contributed by atoms with Crippen molar-refractivity contribution in [2.75, 3.05) is 0 Å². The van der Waals surface area contributed by atoms with Crippen molar-refractivity contribution in [2.24, 2.45) is 0 Å². The summed E-state index contributed by atoms with van der Waals surface area (Å²) in [6.07, 6.45) is -1.35. The molecule has 0 spiro atoms. The van der Waals surface area contributed by atoms with Gasteiger partial charge in [-0.25, -0.2) is 8.78 Å². The van der Waals surface area contributed by atoms with Crippen molar-refractivity contribution in [1.29, 1.82) is 5.26 Å². The van der Waals surface area contributed by atoms with Crippen LogP contribution in [0.15, 0.2) is 6.20 Å². The minimum atomic E-state index is -2.76. The number of carbonyl (C=O) groups is 1. The first-order valence-electron chi connectivity index (χ1n) is 3.86. The van der Waals surface area contributed by atoms with Gasteiger partial charge in [0.05, 0.1) is 11.1 Å². The highest BCUT2D eigenvalue weighted by Gasteiger charge is 2.19. The van der Waals surface area contributed by atoms with Crippen LogP contribution in [0.4, 0.5) is 8.78 Å². The summed E-state index contributed by atoms with van der Waals surface area (Å²) in [6, 6.07) is 1.73. The Morgan fingerprint density at radius 2 is 2.33 bits per heavy atom. The molecule has 0 aliphatic carbocycles. The molecule has 0 atom stereocenters. The van der Waals surface area contributed by atoms with Gasteiger partial charge in [-0.05, 0) is 0 Å². The fourth-order valence-electron chi connectivity index (χ4n) is 1.13. The molecule has 0 aromatic carbocycles. The number of pyridine rings is 1. The van der Waals surface area contributed by atoms with Gasteiger partial charge in [-0.2, -0.15) is 5.26 Å². The molecule has 0 N–H and O–H groups in total. The first-order valence-corrected chi connectivity index (χ1v) is 4.99. The lowest BCUT2D eigenvalue weighted by Gasteiger charge is -2.08. The van der Waals surface area contributed by atoms with Gasteiger partial charge in [0.2, 0.25) is 0 Å². The SMILES string of the molecule is N#Cc1c(C=O)cnc(C(F)F)c1CBr. The van der Waals surface area contributed by atoms with E-state index >= 15 is 0 Å². The topological polar surface area (TPSA) is 53.8 Å². The van der Waals surface area contributed by atoms with Crippen LogP contribution in [0.2, 0.25) is 0 Å². The monoisotopic (exact) mass is 274 g/mol. The molecule has 1 aromatic rings. The minimum absolute atomic E-state index is 0.0244. The molecule has 0 bridgehead atoms. The lowest BCUT2D eigenvalue weighted by Crippen LogP contribution is -2.03. The molecular formula is C9H5BrF2N2O. The van der Waals surface area contributed by atoms with E-state index in [9.17, 15) is 13.6 Å². The largest absolute Gasteiger partial charge is 0.298 e. The van der Waals surface area contributed by atoms with E-state index in [1.54, 1.807) is 6.07 Å². The molecule has 0 fully saturated rings. The van der Waals surface area contributed by atoms with E-state index in [1.165, 1.54) is 0 Å². The van der Waals surface area contributed by atoms with Gasteiger partial charge in [-0.1, -0.05) is 15.9 Å². The van der Waals surface area contributed by atoms with Gasteiger partial charge in [0, 0.05) is 17.1 Å². The summed E-state index contributed by atoms with van der Waals surface area (Å²) < 4.78 is 25.0. The average molecular weight is 275 g/mol. The summed E-state index contributed by atoms with van der Waals surface area (Å²) >= 11 is 2.99. The van der Waals surface area contributed by atoms with Crippen LogP contribution in [-0.2, 0) is 5.33 Å². The van der Waals surface area contributed by atoms with E-state index in [2.05, 4.69) is 20.9 Å². The summed E-state index contributed by atoms with van der Waals surface area (Å²) in [5.41, 5.74) is -0.422. The van der Waals surface area contributed by atoms with E-state index < -0.39 is 12.1 Å². The summed E-state index contributed by atoms with van der Waals surface area (Å²) in [5, 5.41) is 8.83. The normalized spacial score (nSPS) is 10.1. The van der Waals surface area contributed by atoms with E-state index in [-0.39, 0.29) is 22.0 Å². The van der Waals surface area contributed by atoms with E-state index in [0.29, 0.717) is 6.29 Å². The Bertz CT molecular complexity index is 429. The van der Waals surface area contributed by atoms with Crippen LogP contribution in [0.3, 0.4) is 0 Å². The number of carbonyl (C=O) groups excluding carboxylic acids is 1. The molecule has 0 saturated heterocycles. The van der Waals surface area contributed by atoms with Crippen molar-refractivity contribution in [3.63, 3.8) is 0 Å². The molecule has 0 saturated carbocycles. The Morgan fingerprint density at radius 3 is 2.73 bits per heavy atom. The number of nitrogens with zero attached hydrogens (tertiary/aromatic N) is 2. The minimum Gasteiger partial charge on any atom is -0.298 e. The van der Waals surface area contributed by atoms with Crippen molar-refractivity contribution >= 4 is 22.2 Å². The van der Waals surface area contributed by atoms with Gasteiger partial charge in [0.15, 0.2) is 6.29 Å². The molecule has 6 heteroatoms. The van der Waals surface area contributed by atoms with E-state index in [4.69, 9.17) is 5.26 Å². The molecule has 1 rings (SSSR count). The third kappa shape index (κ3) is 2.18. The second kappa shape index (κ2) is 4.94. The Morgan fingerprint density at radius 1 is 1.67 bits per heavy atom. The average Bonchev–Trinajstić information content (AvgIpc) is 2.26. The molecule has 0 aliphatic heterocycles. The summed E-state index contributed by atoms with van der Waals surface area (Å²) in [6.45, 7) is 0. The van der Waals surface area contributed by atoms with Crippen molar-refractivity contribution in [3.8, 4) is 6.07 Å². The third-order valence-corrected chi connectivity index (χ3v) is 2.38.